The van der Waals surface area contributed by atoms with Crippen molar-refractivity contribution >= 4 is 61.5 Å². The monoisotopic (exact) mass is 429 g/mol. The predicted octanol–water partition coefficient (Wildman–Crippen LogP) is 5.07. The number of nitrogens with one attached hydrogen (secondary N) is 2. The Hall–Kier alpha value is -2.74. The highest BCUT2D eigenvalue weighted by Crippen LogP contribution is 2.30. The molecule has 0 fully saturated rings. The summed E-state index contributed by atoms with van der Waals surface area (Å²) in [6.07, 6.45) is 3.03. The molecular formula is C19H13Cl2N5OS. The van der Waals surface area contributed by atoms with Gasteiger partial charge in [0.05, 0.1) is 22.5 Å². The molecule has 0 saturated carbocycles. The first-order valence-corrected chi connectivity index (χ1v) is 9.82. The maximum atomic E-state index is 12.3. The quantitative estimate of drug-likeness (QED) is 0.462. The molecule has 140 valence electrons. The summed E-state index contributed by atoms with van der Waals surface area (Å²) in [6, 6.07) is 12.7. The molecule has 0 aliphatic heterocycles. The van der Waals surface area contributed by atoms with Crippen LogP contribution < -0.4 is 10.6 Å². The Bertz CT molecular complexity index is 1150. The molecule has 0 atom stereocenters. The molecule has 9 heteroatoms. The van der Waals surface area contributed by atoms with Crippen LogP contribution in [0.25, 0.3) is 10.2 Å². The van der Waals surface area contributed by atoms with Crippen molar-refractivity contribution in [1.82, 2.24) is 20.3 Å². The third-order valence-electron chi connectivity index (χ3n) is 3.89. The first-order chi connectivity index (χ1) is 13.6. The fourth-order valence-electron chi connectivity index (χ4n) is 2.51. The molecule has 2 N–H and O–H groups in total. The number of fused-ring (bicyclic) bond motifs is 1. The van der Waals surface area contributed by atoms with Gasteiger partial charge in [-0.1, -0.05) is 34.5 Å². The second kappa shape index (κ2) is 8.10. The molecule has 0 aliphatic rings. The number of thiazole rings is 1. The smallest absolute Gasteiger partial charge is 0.251 e. The minimum Gasteiger partial charge on any atom is -0.346 e. The molecule has 2 aromatic carbocycles. The Kier molecular flexibility index (Phi) is 5.38. The van der Waals surface area contributed by atoms with E-state index < -0.39 is 0 Å². The summed E-state index contributed by atoms with van der Waals surface area (Å²) in [4.78, 5) is 24.9. The van der Waals surface area contributed by atoms with Crippen LogP contribution in [0, 0.1) is 0 Å². The van der Waals surface area contributed by atoms with Gasteiger partial charge >= 0.3 is 0 Å². The van der Waals surface area contributed by atoms with Crippen molar-refractivity contribution in [3.8, 4) is 0 Å². The molecule has 0 radical (unpaired) electrons. The Labute approximate surface area is 174 Å². The molecule has 6 nitrogen and oxygen atoms in total. The number of benzene rings is 2. The second-order valence-electron chi connectivity index (χ2n) is 5.81. The van der Waals surface area contributed by atoms with E-state index in [0.717, 1.165) is 21.0 Å². The lowest BCUT2D eigenvalue weighted by Crippen LogP contribution is -2.23. The number of amides is 1. The SMILES string of the molecule is O=C(NCc1nccnc1Cl)c1ccc(Nc2nc3ccc(Cl)cc3s2)cc1. The highest BCUT2D eigenvalue weighted by molar-refractivity contribution is 7.22. The average Bonchev–Trinajstić information content (AvgIpc) is 3.09. The van der Waals surface area contributed by atoms with Crippen LogP contribution in [-0.2, 0) is 6.54 Å². The van der Waals surface area contributed by atoms with Gasteiger partial charge in [-0.2, -0.15) is 0 Å². The van der Waals surface area contributed by atoms with Crippen molar-refractivity contribution in [3.05, 3.63) is 76.3 Å². The van der Waals surface area contributed by atoms with E-state index in [9.17, 15) is 4.79 Å². The normalized spacial score (nSPS) is 10.8. The van der Waals surface area contributed by atoms with Crippen LogP contribution in [0.4, 0.5) is 10.8 Å². The van der Waals surface area contributed by atoms with Gasteiger partial charge in [-0.05, 0) is 42.5 Å². The second-order valence-corrected chi connectivity index (χ2v) is 7.64. The minimum atomic E-state index is -0.220. The summed E-state index contributed by atoms with van der Waals surface area (Å²) in [5, 5.41) is 7.74. The largest absolute Gasteiger partial charge is 0.346 e. The third kappa shape index (κ3) is 4.22. The van der Waals surface area contributed by atoms with Crippen LogP contribution >= 0.6 is 34.5 Å². The lowest BCUT2D eigenvalue weighted by Gasteiger charge is -2.07. The number of anilines is 2. The molecule has 0 bridgehead atoms. The van der Waals surface area contributed by atoms with Crippen LogP contribution in [0.2, 0.25) is 10.2 Å². The van der Waals surface area contributed by atoms with Gasteiger partial charge in [0.15, 0.2) is 10.3 Å². The summed E-state index contributed by atoms with van der Waals surface area (Å²) < 4.78 is 1.01. The molecule has 2 aromatic heterocycles. The van der Waals surface area contributed by atoms with Gasteiger partial charge in [-0.25, -0.2) is 9.97 Å². The van der Waals surface area contributed by atoms with Crippen LogP contribution in [0.15, 0.2) is 54.9 Å². The number of nitrogens with zero attached hydrogens (tertiary/aromatic N) is 3. The zero-order chi connectivity index (χ0) is 19.5. The summed E-state index contributed by atoms with van der Waals surface area (Å²) in [7, 11) is 0. The minimum absolute atomic E-state index is 0.208. The fraction of sp³-hybridized carbons (Fsp3) is 0.0526. The van der Waals surface area contributed by atoms with Crippen molar-refractivity contribution < 1.29 is 4.79 Å². The van der Waals surface area contributed by atoms with Gasteiger partial charge in [0, 0.05) is 28.7 Å². The number of aromatic nitrogens is 3. The van der Waals surface area contributed by atoms with Gasteiger partial charge in [0.1, 0.15) is 0 Å². The molecule has 0 saturated heterocycles. The molecule has 4 aromatic rings. The van der Waals surface area contributed by atoms with E-state index in [1.807, 2.05) is 30.3 Å². The molecule has 0 aliphatic carbocycles. The fourth-order valence-corrected chi connectivity index (χ4v) is 3.85. The van der Waals surface area contributed by atoms with Gasteiger partial charge in [-0.15, -0.1) is 0 Å². The van der Waals surface area contributed by atoms with E-state index in [1.54, 1.807) is 12.1 Å². The van der Waals surface area contributed by atoms with Gasteiger partial charge < -0.3 is 10.6 Å². The van der Waals surface area contributed by atoms with E-state index in [1.165, 1.54) is 23.7 Å². The van der Waals surface area contributed by atoms with Gasteiger partial charge in [0.2, 0.25) is 0 Å². The van der Waals surface area contributed by atoms with Crippen LogP contribution in [0.5, 0.6) is 0 Å². The van der Waals surface area contributed by atoms with Crippen LogP contribution in [0.1, 0.15) is 16.1 Å². The molecule has 0 spiro atoms. The summed E-state index contributed by atoms with van der Waals surface area (Å²) in [5.41, 5.74) is 2.77. The van der Waals surface area contributed by atoms with E-state index in [2.05, 4.69) is 25.6 Å². The topological polar surface area (TPSA) is 79.8 Å². The van der Waals surface area contributed by atoms with Crippen LogP contribution in [0.3, 0.4) is 0 Å². The number of halogens is 2. The number of hydrogen-bond acceptors (Lipinski definition) is 6. The van der Waals surface area contributed by atoms with Crippen molar-refractivity contribution in [1.29, 1.82) is 0 Å². The first kappa shape index (κ1) is 18.6. The van der Waals surface area contributed by atoms with E-state index in [4.69, 9.17) is 23.2 Å². The van der Waals surface area contributed by atoms with Gasteiger partial charge in [-0.3, -0.25) is 9.78 Å². The van der Waals surface area contributed by atoms with Crippen molar-refractivity contribution in [2.75, 3.05) is 5.32 Å². The standard InChI is InChI=1S/C19H13Cl2N5OS/c20-12-3-6-14-16(9-12)28-19(26-14)25-13-4-1-11(2-5-13)18(27)24-10-15-17(21)23-8-7-22-15/h1-9H,10H2,(H,24,27)(H,25,26). The van der Waals surface area contributed by atoms with E-state index in [0.29, 0.717) is 16.3 Å². The maximum Gasteiger partial charge on any atom is 0.251 e. The number of rotatable bonds is 5. The zero-order valence-corrected chi connectivity index (χ0v) is 16.6. The van der Waals surface area contributed by atoms with Crippen molar-refractivity contribution in [3.63, 3.8) is 0 Å². The molecule has 0 unspecified atom stereocenters. The highest BCUT2D eigenvalue weighted by Gasteiger charge is 2.09. The third-order valence-corrected chi connectivity index (χ3v) is 5.37. The molecule has 2 heterocycles. The van der Waals surface area contributed by atoms with E-state index in [-0.39, 0.29) is 17.6 Å². The Balaban J connectivity index is 1.41. The number of hydrogen-bond donors (Lipinski definition) is 2. The molecule has 1 amide bonds. The summed E-state index contributed by atoms with van der Waals surface area (Å²) in [5.74, 6) is -0.220. The van der Waals surface area contributed by atoms with Crippen LogP contribution in [-0.4, -0.2) is 20.9 Å². The highest BCUT2D eigenvalue weighted by atomic mass is 35.5. The zero-order valence-electron chi connectivity index (χ0n) is 14.3. The molecule has 4 rings (SSSR count). The summed E-state index contributed by atoms with van der Waals surface area (Å²) in [6.45, 7) is 0.208. The van der Waals surface area contributed by atoms with Crippen molar-refractivity contribution in [2.24, 2.45) is 0 Å². The average molecular weight is 430 g/mol. The Morgan fingerprint density at radius 1 is 1.04 bits per heavy atom. The Morgan fingerprint density at radius 3 is 2.61 bits per heavy atom. The van der Waals surface area contributed by atoms with E-state index >= 15 is 0 Å². The predicted molar refractivity (Wildman–Crippen MR) is 113 cm³/mol. The molecular weight excluding hydrogens is 417 g/mol. The lowest BCUT2D eigenvalue weighted by atomic mass is 10.2. The number of carbonyl (C=O) groups excluding carboxylic acids is 1. The summed E-state index contributed by atoms with van der Waals surface area (Å²) >= 11 is 13.5. The molecule has 28 heavy (non-hydrogen) atoms. The first-order valence-electron chi connectivity index (χ1n) is 8.25. The van der Waals surface area contributed by atoms with Crippen molar-refractivity contribution in [2.45, 2.75) is 6.54 Å². The maximum absolute atomic E-state index is 12.3. The number of carbonyl (C=O) groups is 1. The Morgan fingerprint density at radius 2 is 1.82 bits per heavy atom. The lowest BCUT2D eigenvalue weighted by molar-refractivity contribution is 0.0950. The van der Waals surface area contributed by atoms with Gasteiger partial charge in [0.25, 0.3) is 5.91 Å².